The van der Waals surface area contributed by atoms with Crippen molar-refractivity contribution in [1.29, 1.82) is 0 Å². The van der Waals surface area contributed by atoms with Gasteiger partial charge in [0.05, 0.1) is 112 Å². The molecule has 0 unspecified atom stereocenters. The smallest absolute Gasteiger partial charge is 0.317 e. The maximum atomic E-state index is 12.0. The van der Waals surface area contributed by atoms with Gasteiger partial charge in [0.15, 0.2) is 0 Å². The minimum Gasteiger partial charge on any atom is -0.377 e. The lowest BCUT2D eigenvalue weighted by Gasteiger charge is -2.16. The van der Waals surface area contributed by atoms with Crippen molar-refractivity contribution in [2.45, 2.75) is 33.4 Å². The van der Waals surface area contributed by atoms with E-state index < -0.39 is 0 Å². The van der Waals surface area contributed by atoms with Crippen LogP contribution < -0.4 is 5.32 Å². The van der Waals surface area contributed by atoms with Crippen LogP contribution in [-0.4, -0.2) is 155 Å². The van der Waals surface area contributed by atoms with Gasteiger partial charge >= 0.3 is 6.03 Å². The number of likely N-dealkylation sites (tertiary alicyclic amines) is 1. The molecular formula is C30H50N6O10. The predicted octanol–water partition coefficient (Wildman–Crippen LogP) is 0.261. The quantitative estimate of drug-likeness (QED) is 0.107. The second kappa shape index (κ2) is 22.5. The number of hydrogen-bond donors (Lipinski definition) is 1. The first-order chi connectivity index (χ1) is 22.4. The second-order valence-corrected chi connectivity index (χ2v) is 10.9. The van der Waals surface area contributed by atoms with Gasteiger partial charge in [-0.3, -0.25) is 14.5 Å². The number of carbonyl (C=O) groups excluding carboxylic acids is 3. The average Bonchev–Trinajstić information content (AvgIpc) is 3.75. The largest absolute Gasteiger partial charge is 0.377 e. The number of nitrogens with one attached hydrogen (secondary N) is 1. The Morgan fingerprint density at radius 3 is 1.83 bits per heavy atom. The highest BCUT2D eigenvalue weighted by Gasteiger charge is 2.29. The Morgan fingerprint density at radius 1 is 0.826 bits per heavy atom. The molecule has 0 saturated carbocycles. The first-order valence-corrected chi connectivity index (χ1v) is 15.9. The molecule has 3 rings (SSSR count). The molecule has 1 aromatic heterocycles. The molecule has 1 N–H and O–H groups in total. The minimum atomic E-state index is -0.332. The monoisotopic (exact) mass is 654 g/mol. The van der Waals surface area contributed by atoms with Crippen molar-refractivity contribution in [2.75, 3.05) is 112 Å². The van der Waals surface area contributed by atoms with Crippen molar-refractivity contribution in [3.8, 4) is 0 Å². The number of aromatic nitrogens is 3. The van der Waals surface area contributed by atoms with E-state index >= 15 is 0 Å². The fourth-order valence-corrected chi connectivity index (χ4v) is 4.51. The molecule has 3 heterocycles. The Kier molecular flexibility index (Phi) is 18.3. The molecule has 1 aromatic rings. The van der Waals surface area contributed by atoms with Crippen LogP contribution in [0.3, 0.4) is 0 Å². The van der Waals surface area contributed by atoms with Gasteiger partial charge in [-0.25, -0.2) is 9.48 Å². The summed E-state index contributed by atoms with van der Waals surface area (Å²) in [5, 5.41) is 10.9. The van der Waals surface area contributed by atoms with E-state index in [0.29, 0.717) is 123 Å². The zero-order chi connectivity index (χ0) is 32.8. The molecule has 2 aliphatic rings. The summed E-state index contributed by atoms with van der Waals surface area (Å²) in [6.07, 6.45) is 4.09. The van der Waals surface area contributed by atoms with Crippen molar-refractivity contribution in [3.63, 3.8) is 0 Å². The van der Waals surface area contributed by atoms with Crippen molar-refractivity contribution in [3.05, 3.63) is 23.5 Å². The molecule has 0 bridgehead atoms. The number of nitrogens with zero attached hydrogens (tertiary/aromatic N) is 5. The van der Waals surface area contributed by atoms with E-state index in [9.17, 15) is 14.4 Å². The summed E-state index contributed by atoms with van der Waals surface area (Å²) in [6, 6.07) is -0.0135. The van der Waals surface area contributed by atoms with E-state index in [4.69, 9.17) is 33.2 Å². The zero-order valence-corrected chi connectivity index (χ0v) is 27.2. The van der Waals surface area contributed by atoms with E-state index in [1.54, 1.807) is 17.8 Å². The standard InChI is InChI=1S/C30H50N6O10/c1-25-3-5-34(22-25)30(39)31-4-7-40-9-11-42-13-15-44-17-19-46-20-18-45-16-14-43-12-10-41-8-6-35-23-27(32-33-35)24-36-28(37)21-26(2)29(36)38/h21,23,25H,3-20,22,24H2,1-2H3,(H,31,39)/t25-/m0/s1. The molecule has 2 aliphatic heterocycles. The van der Waals surface area contributed by atoms with Crippen LogP contribution in [0.4, 0.5) is 4.79 Å². The molecule has 1 atom stereocenters. The molecule has 0 spiro atoms. The molecule has 4 amide bonds. The molecule has 1 saturated heterocycles. The van der Waals surface area contributed by atoms with E-state index in [-0.39, 0.29) is 24.4 Å². The Balaban J connectivity index is 0.974. The fourth-order valence-electron chi connectivity index (χ4n) is 4.51. The number of ether oxygens (including phenoxy) is 7. The summed E-state index contributed by atoms with van der Waals surface area (Å²) in [7, 11) is 0. The van der Waals surface area contributed by atoms with E-state index in [1.165, 1.54) is 6.08 Å². The summed E-state index contributed by atoms with van der Waals surface area (Å²) in [4.78, 5) is 38.8. The van der Waals surface area contributed by atoms with E-state index in [1.807, 2.05) is 4.90 Å². The van der Waals surface area contributed by atoms with Crippen LogP contribution >= 0.6 is 0 Å². The van der Waals surface area contributed by atoms with Gasteiger partial charge in [0, 0.05) is 31.3 Å². The van der Waals surface area contributed by atoms with Gasteiger partial charge in [-0.1, -0.05) is 12.1 Å². The van der Waals surface area contributed by atoms with Gasteiger partial charge < -0.3 is 43.4 Å². The van der Waals surface area contributed by atoms with Crippen LogP contribution in [-0.2, 0) is 55.8 Å². The molecule has 0 radical (unpaired) electrons. The van der Waals surface area contributed by atoms with Crippen LogP contribution in [0.5, 0.6) is 0 Å². The molecule has 0 aliphatic carbocycles. The summed E-state index contributed by atoms with van der Waals surface area (Å²) in [6.45, 7) is 13.0. The summed E-state index contributed by atoms with van der Waals surface area (Å²) >= 11 is 0. The third kappa shape index (κ3) is 15.1. The van der Waals surface area contributed by atoms with Gasteiger partial charge in [-0.2, -0.15) is 0 Å². The number of hydrogen-bond acceptors (Lipinski definition) is 12. The van der Waals surface area contributed by atoms with Crippen LogP contribution in [0.25, 0.3) is 0 Å². The highest BCUT2D eigenvalue weighted by atomic mass is 16.6. The fraction of sp³-hybridized carbons (Fsp3) is 0.767. The molecule has 46 heavy (non-hydrogen) atoms. The van der Waals surface area contributed by atoms with Crippen molar-refractivity contribution >= 4 is 17.8 Å². The maximum absolute atomic E-state index is 12.0. The Bertz CT molecular complexity index is 1070. The molecule has 1 fully saturated rings. The lowest BCUT2D eigenvalue weighted by atomic mass is 10.2. The number of amides is 4. The van der Waals surface area contributed by atoms with Crippen LogP contribution in [0.2, 0.25) is 0 Å². The number of rotatable bonds is 26. The van der Waals surface area contributed by atoms with Crippen LogP contribution in [0.1, 0.15) is 26.0 Å². The number of imide groups is 1. The highest BCUT2D eigenvalue weighted by molar-refractivity contribution is 6.15. The van der Waals surface area contributed by atoms with Crippen molar-refractivity contribution in [1.82, 2.24) is 30.1 Å². The van der Waals surface area contributed by atoms with Gasteiger partial charge in [0.1, 0.15) is 5.69 Å². The third-order valence-corrected chi connectivity index (χ3v) is 7.03. The lowest BCUT2D eigenvalue weighted by Crippen LogP contribution is -2.39. The number of urea groups is 1. The first-order valence-electron chi connectivity index (χ1n) is 15.9. The SMILES string of the molecule is CC1=CC(=O)N(Cc2cn(CCOCCOCCOCCOCCOCCOCCOCCNC(=O)N3CC[C@H](C)C3)nn2)C1=O. The normalized spacial score (nSPS) is 16.6. The first kappa shape index (κ1) is 37.5. The van der Waals surface area contributed by atoms with Gasteiger partial charge in [0.25, 0.3) is 11.8 Å². The molecule has 16 heteroatoms. The van der Waals surface area contributed by atoms with Crippen molar-refractivity contribution in [2.24, 2.45) is 5.92 Å². The molecular weight excluding hydrogens is 604 g/mol. The minimum absolute atomic E-state index is 0.0135. The summed E-state index contributed by atoms with van der Waals surface area (Å²) in [5.74, 6) is -0.0565. The average molecular weight is 655 g/mol. The Labute approximate surface area is 270 Å². The van der Waals surface area contributed by atoms with Crippen LogP contribution in [0, 0.1) is 5.92 Å². The Hall–Kier alpha value is -2.99. The number of carbonyl (C=O) groups is 3. The lowest BCUT2D eigenvalue weighted by molar-refractivity contribution is -0.137. The highest BCUT2D eigenvalue weighted by Crippen LogP contribution is 2.15. The predicted molar refractivity (Wildman–Crippen MR) is 164 cm³/mol. The summed E-state index contributed by atoms with van der Waals surface area (Å²) in [5.41, 5.74) is 0.960. The summed E-state index contributed by atoms with van der Waals surface area (Å²) < 4.78 is 40.0. The topological polar surface area (TPSA) is 165 Å². The van der Waals surface area contributed by atoms with E-state index in [0.717, 1.165) is 24.4 Å². The molecule has 16 nitrogen and oxygen atoms in total. The van der Waals surface area contributed by atoms with E-state index in [2.05, 4.69) is 22.6 Å². The zero-order valence-electron chi connectivity index (χ0n) is 27.2. The van der Waals surface area contributed by atoms with Gasteiger partial charge in [-0.05, 0) is 19.3 Å². The van der Waals surface area contributed by atoms with Crippen LogP contribution in [0.15, 0.2) is 17.8 Å². The molecule has 0 aromatic carbocycles. The van der Waals surface area contributed by atoms with Gasteiger partial charge in [0.2, 0.25) is 0 Å². The second-order valence-electron chi connectivity index (χ2n) is 10.9. The molecule has 260 valence electrons. The van der Waals surface area contributed by atoms with Gasteiger partial charge in [-0.15, -0.1) is 5.10 Å². The van der Waals surface area contributed by atoms with Crippen molar-refractivity contribution < 1.29 is 47.5 Å². The Morgan fingerprint density at radius 2 is 1.35 bits per heavy atom. The third-order valence-electron chi connectivity index (χ3n) is 7.03. The maximum Gasteiger partial charge on any atom is 0.317 e.